The summed E-state index contributed by atoms with van der Waals surface area (Å²) in [5.41, 5.74) is 3.33. The van der Waals surface area contributed by atoms with Crippen LogP contribution in [0.2, 0.25) is 0 Å². The fourth-order valence-electron chi connectivity index (χ4n) is 4.21. The standard InChI is InChI=1S/C23H30N4O/c28-23(24-19-12-16-27(17-13-19)21-9-3-1-4-10-21)25-20-8-7-11-22(18-20)26-14-5-2-6-15-26/h1,3-4,7-11,18-19H,2,5-6,12-17H2,(H2,24,25,28). The fraction of sp³-hybridized carbons (Fsp3) is 0.435. The molecule has 148 valence electrons. The predicted octanol–water partition coefficient (Wildman–Crippen LogP) is 4.47. The van der Waals surface area contributed by atoms with Crippen LogP contribution in [-0.2, 0) is 0 Å². The van der Waals surface area contributed by atoms with Gasteiger partial charge in [-0.15, -0.1) is 0 Å². The number of benzene rings is 2. The van der Waals surface area contributed by atoms with Gasteiger partial charge in [-0.05, 0) is 62.4 Å². The molecule has 0 spiro atoms. The number of nitrogens with zero attached hydrogens (tertiary/aromatic N) is 2. The van der Waals surface area contributed by atoms with Gasteiger partial charge in [-0.1, -0.05) is 24.3 Å². The second-order valence-electron chi connectivity index (χ2n) is 7.79. The lowest BCUT2D eigenvalue weighted by atomic mass is 10.0. The van der Waals surface area contributed by atoms with Gasteiger partial charge in [0.2, 0.25) is 0 Å². The summed E-state index contributed by atoms with van der Waals surface area (Å²) in [6, 6.07) is 18.8. The summed E-state index contributed by atoms with van der Waals surface area (Å²) >= 11 is 0. The Balaban J connectivity index is 1.27. The van der Waals surface area contributed by atoms with Crippen LogP contribution < -0.4 is 20.4 Å². The lowest BCUT2D eigenvalue weighted by Crippen LogP contribution is -2.46. The highest BCUT2D eigenvalue weighted by molar-refractivity contribution is 5.90. The predicted molar refractivity (Wildman–Crippen MR) is 116 cm³/mol. The Labute approximate surface area is 167 Å². The van der Waals surface area contributed by atoms with E-state index < -0.39 is 0 Å². The van der Waals surface area contributed by atoms with E-state index in [0.29, 0.717) is 0 Å². The van der Waals surface area contributed by atoms with Crippen molar-refractivity contribution in [3.8, 4) is 0 Å². The summed E-state index contributed by atoms with van der Waals surface area (Å²) < 4.78 is 0. The number of rotatable bonds is 4. The van der Waals surface area contributed by atoms with Gasteiger partial charge in [-0.25, -0.2) is 4.79 Å². The first kappa shape index (κ1) is 18.7. The van der Waals surface area contributed by atoms with E-state index in [-0.39, 0.29) is 12.1 Å². The number of piperidine rings is 2. The minimum absolute atomic E-state index is 0.103. The molecule has 2 aliphatic heterocycles. The molecule has 2 N–H and O–H groups in total. The average molecular weight is 379 g/mol. The summed E-state index contributed by atoms with van der Waals surface area (Å²) in [6.45, 7) is 4.16. The molecule has 0 radical (unpaired) electrons. The molecule has 2 aliphatic rings. The number of hydrogen-bond donors (Lipinski definition) is 2. The van der Waals surface area contributed by atoms with E-state index in [1.807, 2.05) is 18.2 Å². The van der Waals surface area contributed by atoms with Crippen LogP contribution in [0.1, 0.15) is 32.1 Å². The van der Waals surface area contributed by atoms with Crippen LogP contribution in [0.15, 0.2) is 54.6 Å². The summed E-state index contributed by atoms with van der Waals surface area (Å²) in [6.07, 6.45) is 5.76. The Morgan fingerprint density at radius 1 is 0.786 bits per heavy atom. The quantitative estimate of drug-likeness (QED) is 0.825. The maximum Gasteiger partial charge on any atom is 0.319 e. The second-order valence-corrected chi connectivity index (χ2v) is 7.79. The van der Waals surface area contributed by atoms with E-state index >= 15 is 0 Å². The Morgan fingerprint density at radius 2 is 1.46 bits per heavy atom. The molecular weight excluding hydrogens is 348 g/mol. The van der Waals surface area contributed by atoms with E-state index in [9.17, 15) is 4.79 Å². The third kappa shape index (κ3) is 4.77. The van der Waals surface area contributed by atoms with Gasteiger partial charge < -0.3 is 20.4 Å². The van der Waals surface area contributed by atoms with Crippen LogP contribution in [-0.4, -0.2) is 38.3 Å². The smallest absolute Gasteiger partial charge is 0.319 e. The Morgan fingerprint density at radius 3 is 2.21 bits per heavy atom. The fourth-order valence-corrected chi connectivity index (χ4v) is 4.21. The number of hydrogen-bond acceptors (Lipinski definition) is 3. The lowest BCUT2D eigenvalue weighted by molar-refractivity contribution is 0.246. The van der Waals surface area contributed by atoms with Crippen LogP contribution in [0.3, 0.4) is 0 Å². The minimum atomic E-state index is -0.103. The third-order valence-corrected chi connectivity index (χ3v) is 5.78. The molecule has 2 aromatic rings. The maximum absolute atomic E-state index is 12.5. The number of anilines is 3. The average Bonchev–Trinajstić information content (AvgIpc) is 2.76. The summed E-state index contributed by atoms with van der Waals surface area (Å²) in [5, 5.41) is 6.17. The third-order valence-electron chi connectivity index (χ3n) is 5.78. The topological polar surface area (TPSA) is 47.6 Å². The molecular formula is C23H30N4O. The first-order chi connectivity index (χ1) is 13.8. The van der Waals surface area contributed by atoms with Crippen molar-refractivity contribution in [3.05, 3.63) is 54.6 Å². The highest BCUT2D eigenvalue weighted by atomic mass is 16.2. The molecule has 0 saturated carbocycles. The van der Waals surface area contributed by atoms with Crippen molar-refractivity contribution >= 4 is 23.1 Å². The molecule has 2 aromatic carbocycles. The highest BCUT2D eigenvalue weighted by Crippen LogP contribution is 2.23. The Kier molecular flexibility index (Phi) is 6.00. The van der Waals surface area contributed by atoms with E-state index in [0.717, 1.165) is 44.7 Å². The Hall–Kier alpha value is -2.69. The molecule has 2 saturated heterocycles. The van der Waals surface area contributed by atoms with E-state index in [2.05, 4.69) is 56.8 Å². The second kappa shape index (κ2) is 9.00. The molecule has 0 bridgehead atoms. The number of para-hydroxylation sites is 1. The lowest BCUT2D eigenvalue weighted by Gasteiger charge is -2.34. The molecule has 0 atom stereocenters. The van der Waals surface area contributed by atoms with Crippen molar-refractivity contribution < 1.29 is 4.79 Å². The number of nitrogens with one attached hydrogen (secondary N) is 2. The zero-order valence-electron chi connectivity index (χ0n) is 16.4. The van der Waals surface area contributed by atoms with Gasteiger partial charge in [-0.2, -0.15) is 0 Å². The zero-order chi connectivity index (χ0) is 19.2. The first-order valence-electron chi connectivity index (χ1n) is 10.5. The molecule has 5 heteroatoms. The van der Waals surface area contributed by atoms with Crippen LogP contribution in [0.25, 0.3) is 0 Å². The summed E-state index contributed by atoms with van der Waals surface area (Å²) in [5.74, 6) is 0. The van der Waals surface area contributed by atoms with Gasteiger partial charge in [0.25, 0.3) is 0 Å². The molecule has 2 heterocycles. The molecule has 0 unspecified atom stereocenters. The van der Waals surface area contributed by atoms with Crippen molar-refractivity contribution in [1.82, 2.24) is 5.32 Å². The maximum atomic E-state index is 12.5. The molecule has 0 aromatic heterocycles. The van der Waals surface area contributed by atoms with Crippen LogP contribution in [0, 0.1) is 0 Å². The molecule has 4 rings (SSSR count). The highest BCUT2D eigenvalue weighted by Gasteiger charge is 2.21. The molecule has 0 aliphatic carbocycles. The van der Waals surface area contributed by atoms with Crippen LogP contribution in [0.5, 0.6) is 0 Å². The van der Waals surface area contributed by atoms with Crippen LogP contribution in [0.4, 0.5) is 21.9 Å². The Bertz CT molecular complexity index is 765. The van der Waals surface area contributed by atoms with E-state index in [4.69, 9.17) is 0 Å². The van der Waals surface area contributed by atoms with Gasteiger partial charge in [0.15, 0.2) is 0 Å². The number of urea groups is 1. The van der Waals surface area contributed by atoms with Gasteiger partial charge in [-0.3, -0.25) is 0 Å². The van der Waals surface area contributed by atoms with Gasteiger partial charge in [0.05, 0.1) is 0 Å². The molecule has 28 heavy (non-hydrogen) atoms. The van der Waals surface area contributed by atoms with Crippen molar-refractivity contribution in [2.45, 2.75) is 38.1 Å². The van der Waals surface area contributed by atoms with Gasteiger partial charge >= 0.3 is 6.03 Å². The van der Waals surface area contributed by atoms with Crippen molar-refractivity contribution in [2.24, 2.45) is 0 Å². The minimum Gasteiger partial charge on any atom is -0.371 e. The van der Waals surface area contributed by atoms with Gasteiger partial charge in [0.1, 0.15) is 0 Å². The number of amides is 2. The normalized spacial score (nSPS) is 18.0. The number of carbonyl (C=O) groups is 1. The van der Waals surface area contributed by atoms with Crippen LogP contribution >= 0.6 is 0 Å². The van der Waals surface area contributed by atoms with Crippen molar-refractivity contribution in [2.75, 3.05) is 41.3 Å². The van der Waals surface area contributed by atoms with Crippen molar-refractivity contribution in [3.63, 3.8) is 0 Å². The SMILES string of the molecule is O=C(Nc1cccc(N2CCCCC2)c1)NC1CCN(c2ccccc2)CC1. The van der Waals surface area contributed by atoms with Gasteiger partial charge in [0, 0.05) is 49.3 Å². The van der Waals surface area contributed by atoms with Crippen molar-refractivity contribution in [1.29, 1.82) is 0 Å². The molecule has 2 fully saturated rings. The summed E-state index contributed by atoms with van der Waals surface area (Å²) in [7, 11) is 0. The number of carbonyl (C=O) groups excluding carboxylic acids is 1. The molecule has 5 nitrogen and oxygen atoms in total. The van der Waals surface area contributed by atoms with E-state index in [1.165, 1.54) is 30.6 Å². The monoisotopic (exact) mass is 378 g/mol. The zero-order valence-corrected chi connectivity index (χ0v) is 16.4. The van der Waals surface area contributed by atoms with E-state index in [1.54, 1.807) is 0 Å². The first-order valence-corrected chi connectivity index (χ1v) is 10.5. The largest absolute Gasteiger partial charge is 0.371 e. The molecule has 2 amide bonds. The summed E-state index contributed by atoms with van der Waals surface area (Å²) in [4.78, 5) is 17.3.